The van der Waals surface area contributed by atoms with Crippen molar-refractivity contribution in [2.45, 2.75) is 12.8 Å². The van der Waals surface area contributed by atoms with E-state index in [0.717, 1.165) is 12.8 Å². The van der Waals surface area contributed by atoms with Gasteiger partial charge in [-0.3, -0.25) is 0 Å². The molecule has 0 bridgehead atoms. The zero-order valence-electron chi connectivity index (χ0n) is 10.9. The van der Waals surface area contributed by atoms with E-state index in [0.29, 0.717) is 0 Å². The molecule has 0 spiro atoms. The third-order valence-electron chi connectivity index (χ3n) is 3.47. The normalized spacial score (nSPS) is 10.7. The van der Waals surface area contributed by atoms with Crippen LogP contribution in [0.15, 0.2) is 72.8 Å². The van der Waals surface area contributed by atoms with Crippen LogP contribution in [0.5, 0.6) is 0 Å². The van der Waals surface area contributed by atoms with E-state index in [2.05, 4.69) is 79.2 Å². The van der Waals surface area contributed by atoms with Gasteiger partial charge in [-0.05, 0) is 41.2 Å². The van der Waals surface area contributed by atoms with Gasteiger partial charge in [-0.1, -0.05) is 72.8 Å². The molecule has 0 saturated carbocycles. The van der Waals surface area contributed by atoms with Crippen LogP contribution in [-0.2, 0) is 6.42 Å². The number of benzene rings is 3. The van der Waals surface area contributed by atoms with Crippen molar-refractivity contribution in [2.24, 2.45) is 0 Å². The third kappa shape index (κ3) is 2.85. The van der Waals surface area contributed by atoms with Crippen molar-refractivity contribution in [3.63, 3.8) is 0 Å². The van der Waals surface area contributed by atoms with Crippen LogP contribution in [0.1, 0.15) is 17.5 Å². The number of fused-ring (bicyclic) bond motifs is 1. The summed E-state index contributed by atoms with van der Waals surface area (Å²) >= 11 is 0. The van der Waals surface area contributed by atoms with Crippen molar-refractivity contribution in [1.82, 2.24) is 0 Å². The second-order valence-electron chi connectivity index (χ2n) is 4.79. The van der Waals surface area contributed by atoms with Gasteiger partial charge in [0.15, 0.2) is 0 Å². The van der Waals surface area contributed by atoms with E-state index in [1.165, 1.54) is 21.9 Å². The van der Waals surface area contributed by atoms with Gasteiger partial charge in [0.2, 0.25) is 0 Å². The number of hydrogen-bond donors (Lipinski definition) is 0. The van der Waals surface area contributed by atoms with Gasteiger partial charge in [0.05, 0.1) is 0 Å². The zero-order chi connectivity index (χ0) is 12.9. The Hall–Kier alpha value is -2.08. The van der Waals surface area contributed by atoms with E-state index >= 15 is 0 Å². The Kier molecular flexibility index (Phi) is 3.60. The van der Waals surface area contributed by atoms with Crippen molar-refractivity contribution < 1.29 is 0 Å². The van der Waals surface area contributed by atoms with Gasteiger partial charge >= 0.3 is 0 Å². The van der Waals surface area contributed by atoms with Crippen molar-refractivity contribution in [2.75, 3.05) is 0 Å². The average molecular weight is 245 g/mol. The molecule has 0 aliphatic carbocycles. The van der Waals surface area contributed by atoms with Gasteiger partial charge in [0.1, 0.15) is 0 Å². The fourth-order valence-electron chi connectivity index (χ4n) is 2.49. The second-order valence-corrected chi connectivity index (χ2v) is 4.79. The van der Waals surface area contributed by atoms with Crippen LogP contribution in [0.25, 0.3) is 10.8 Å². The summed E-state index contributed by atoms with van der Waals surface area (Å²) in [5.74, 6) is 0. The van der Waals surface area contributed by atoms with Gasteiger partial charge in [0.25, 0.3) is 0 Å². The standard InChI is InChI=1S/C19H17/c1-2-8-16(9-3-1)10-6-12-18-14-7-13-17-11-4-5-15-19(17)18/h1-5,7-11,13-15H,6,12H2. The van der Waals surface area contributed by atoms with E-state index in [1.54, 1.807) is 0 Å². The molecular formula is C19H17. The van der Waals surface area contributed by atoms with Crippen LogP contribution in [0, 0.1) is 6.42 Å². The SMILES string of the molecule is [CH](CCc1cccc2ccccc12)c1ccccc1. The first-order chi connectivity index (χ1) is 9.43. The summed E-state index contributed by atoms with van der Waals surface area (Å²) in [5, 5.41) is 2.71. The minimum atomic E-state index is 1.08. The van der Waals surface area contributed by atoms with Gasteiger partial charge < -0.3 is 0 Å². The minimum Gasteiger partial charge on any atom is -0.0622 e. The summed E-state index contributed by atoms with van der Waals surface area (Å²) < 4.78 is 0. The first kappa shape index (κ1) is 12.0. The van der Waals surface area contributed by atoms with Crippen LogP contribution in [-0.4, -0.2) is 0 Å². The quantitative estimate of drug-likeness (QED) is 0.605. The molecule has 19 heavy (non-hydrogen) atoms. The minimum absolute atomic E-state index is 1.08. The molecule has 0 heterocycles. The van der Waals surface area contributed by atoms with E-state index in [4.69, 9.17) is 0 Å². The van der Waals surface area contributed by atoms with Crippen LogP contribution < -0.4 is 0 Å². The summed E-state index contributed by atoms with van der Waals surface area (Å²) in [6.07, 6.45) is 4.48. The zero-order valence-corrected chi connectivity index (χ0v) is 10.9. The number of hydrogen-bond acceptors (Lipinski definition) is 0. The Morgan fingerprint density at radius 3 is 2.32 bits per heavy atom. The summed E-state index contributed by atoms with van der Waals surface area (Å²) in [5.41, 5.74) is 2.74. The molecule has 1 radical (unpaired) electrons. The van der Waals surface area contributed by atoms with Gasteiger partial charge in [-0.2, -0.15) is 0 Å². The molecule has 0 heteroatoms. The lowest BCUT2D eigenvalue weighted by molar-refractivity contribution is 0.959. The Morgan fingerprint density at radius 2 is 1.42 bits per heavy atom. The maximum Gasteiger partial charge on any atom is -0.00898 e. The molecule has 0 amide bonds. The fourth-order valence-corrected chi connectivity index (χ4v) is 2.49. The maximum atomic E-state index is 2.31. The molecule has 0 aromatic heterocycles. The molecule has 0 atom stereocenters. The molecule has 0 unspecified atom stereocenters. The van der Waals surface area contributed by atoms with Gasteiger partial charge in [-0.15, -0.1) is 0 Å². The topological polar surface area (TPSA) is 0 Å². The Balaban J connectivity index is 1.72. The predicted molar refractivity (Wildman–Crippen MR) is 82.1 cm³/mol. The van der Waals surface area contributed by atoms with Crippen molar-refractivity contribution in [3.05, 3.63) is 90.3 Å². The summed E-state index contributed by atoms with van der Waals surface area (Å²) in [6.45, 7) is 0. The van der Waals surface area contributed by atoms with E-state index in [9.17, 15) is 0 Å². The van der Waals surface area contributed by atoms with Gasteiger partial charge in [0, 0.05) is 0 Å². The van der Waals surface area contributed by atoms with E-state index in [1.807, 2.05) is 0 Å². The van der Waals surface area contributed by atoms with Crippen LogP contribution in [0.4, 0.5) is 0 Å². The van der Waals surface area contributed by atoms with Crippen molar-refractivity contribution >= 4 is 10.8 Å². The van der Waals surface area contributed by atoms with Crippen LogP contribution in [0.3, 0.4) is 0 Å². The fraction of sp³-hybridized carbons (Fsp3) is 0.105. The molecule has 0 saturated heterocycles. The second kappa shape index (κ2) is 5.71. The molecule has 0 aliphatic rings. The summed E-state index contributed by atoms with van der Waals surface area (Å²) in [6, 6.07) is 25.7. The molecule has 3 rings (SSSR count). The van der Waals surface area contributed by atoms with Crippen molar-refractivity contribution in [3.8, 4) is 0 Å². The van der Waals surface area contributed by atoms with E-state index < -0.39 is 0 Å². The van der Waals surface area contributed by atoms with Crippen molar-refractivity contribution in [1.29, 1.82) is 0 Å². The first-order valence-corrected chi connectivity index (χ1v) is 6.78. The Morgan fingerprint density at radius 1 is 0.684 bits per heavy atom. The summed E-state index contributed by atoms with van der Waals surface area (Å²) in [4.78, 5) is 0. The Bertz CT molecular complexity index is 648. The number of aryl methyl sites for hydroxylation is 1. The molecule has 3 aromatic rings. The lowest BCUT2D eigenvalue weighted by atomic mass is 9.99. The molecule has 0 nitrogen and oxygen atoms in total. The number of rotatable bonds is 4. The smallest absolute Gasteiger partial charge is 0.00898 e. The molecule has 93 valence electrons. The lowest BCUT2D eigenvalue weighted by Crippen LogP contribution is -1.89. The largest absolute Gasteiger partial charge is 0.0622 e. The monoisotopic (exact) mass is 245 g/mol. The third-order valence-corrected chi connectivity index (χ3v) is 3.47. The molecule has 0 aliphatic heterocycles. The van der Waals surface area contributed by atoms with Crippen LogP contribution in [0.2, 0.25) is 0 Å². The van der Waals surface area contributed by atoms with Crippen LogP contribution >= 0.6 is 0 Å². The highest BCUT2D eigenvalue weighted by Gasteiger charge is 2.00. The highest BCUT2D eigenvalue weighted by Crippen LogP contribution is 2.20. The van der Waals surface area contributed by atoms with Gasteiger partial charge in [-0.25, -0.2) is 0 Å². The van der Waals surface area contributed by atoms with E-state index in [-0.39, 0.29) is 0 Å². The molecule has 3 aromatic carbocycles. The predicted octanol–water partition coefficient (Wildman–Crippen LogP) is 5.02. The highest BCUT2D eigenvalue weighted by atomic mass is 14.0. The first-order valence-electron chi connectivity index (χ1n) is 6.78. The average Bonchev–Trinajstić information content (AvgIpc) is 2.49. The molecular weight excluding hydrogens is 228 g/mol. The Labute approximate surface area is 114 Å². The maximum absolute atomic E-state index is 2.31. The summed E-state index contributed by atoms with van der Waals surface area (Å²) in [7, 11) is 0. The molecule has 0 N–H and O–H groups in total. The highest BCUT2D eigenvalue weighted by molar-refractivity contribution is 5.85. The lowest BCUT2D eigenvalue weighted by Gasteiger charge is -2.06. The molecule has 0 fully saturated rings.